The van der Waals surface area contributed by atoms with Gasteiger partial charge in [-0.25, -0.2) is 0 Å². The van der Waals surface area contributed by atoms with Crippen LogP contribution in [0.1, 0.15) is 19.8 Å². The first-order valence-electron chi connectivity index (χ1n) is 3.33. The fraction of sp³-hybridized carbons (Fsp3) is 0.571. The van der Waals surface area contributed by atoms with Crippen LogP contribution in [0.25, 0.3) is 0 Å². The Kier molecular flexibility index (Phi) is 17.9. The Morgan fingerprint density at radius 2 is 1.92 bits per heavy atom. The Bertz CT molecular complexity index is 173. The van der Waals surface area contributed by atoms with Gasteiger partial charge < -0.3 is 6.92 Å². The van der Waals surface area contributed by atoms with Crippen molar-refractivity contribution in [3.05, 3.63) is 19.6 Å². The van der Waals surface area contributed by atoms with Crippen molar-refractivity contribution in [1.29, 1.82) is 0 Å². The van der Waals surface area contributed by atoms with Gasteiger partial charge in [-0.3, -0.25) is 4.55 Å². The summed E-state index contributed by atoms with van der Waals surface area (Å²) in [5.41, 5.74) is 0. The summed E-state index contributed by atoms with van der Waals surface area (Å²) in [6.07, 6.45) is 3.40. The molecule has 0 atom stereocenters. The fourth-order valence-electron chi connectivity index (χ4n) is 0.149. The minimum Gasteiger partial charge on any atom is -0.343 e. The number of rotatable bonds is 3. The summed E-state index contributed by atoms with van der Waals surface area (Å²) in [5, 5.41) is 0. The first kappa shape index (κ1) is 18.4. The summed E-state index contributed by atoms with van der Waals surface area (Å²) in [6.45, 7) is 8.83. The van der Waals surface area contributed by atoms with E-state index in [2.05, 4.69) is 20.4 Å². The van der Waals surface area contributed by atoms with Crippen LogP contribution in [0.5, 0.6) is 0 Å². The third-order valence-electron chi connectivity index (χ3n) is 0.682. The number of hydrogen-bond donors (Lipinski definition) is 1. The zero-order chi connectivity index (χ0) is 9.33. The molecule has 0 radical (unpaired) electrons. The van der Waals surface area contributed by atoms with E-state index in [1.54, 1.807) is 0 Å². The van der Waals surface area contributed by atoms with Gasteiger partial charge in [-0.05, 0) is 0 Å². The van der Waals surface area contributed by atoms with Crippen molar-refractivity contribution >= 4 is 10.1 Å². The monoisotopic (exact) mass is 202 g/mol. The molecule has 0 aromatic heterocycles. The Balaban J connectivity index is -0.000000142. The molecular weight excluding hydrogens is 187 g/mol. The van der Waals surface area contributed by atoms with E-state index in [0.29, 0.717) is 0 Å². The summed E-state index contributed by atoms with van der Waals surface area (Å²) in [7, 11) is -3.79. The second kappa shape index (κ2) is 11.6. The molecule has 12 heavy (non-hydrogen) atoms. The summed E-state index contributed by atoms with van der Waals surface area (Å²) >= 11 is 0. The summed E-state index contributed by atoms with van der Waals surface area (Å²) in [5.74, 6) is -0.368. The summed E-state index contributed by atoms with van der Waals surface area (Å²) in [4.78, 5) is 0. The molecule has 0 aliphatic rings. The molecule has 0 spiro atoms. The summed E-state index contributed by atoms with van der Waals surface area (Å²) < 4.78 is 27.3. The molecule has 0 rings (SSSR count). The van der Waals surface area contributed by atoms with Crippen LogP contribution in [-0.4, -0.2) is 18.7 Å². The zero-order valence-electron chi connectivity index (χ0n) is 7.78. The van der Waals surface area contributed by atoms with E-state index < -0.39 is 10.1 Å². The standard InChI is InChI=1S/C4H9.C3H6O3S.Na/c1-3-4-2;1-2-3-7(4,5)6;/h1,3-4H2,2H3;2H,1,3H2,(H,4,5,6);/q-1;;+1. The van der Waals surface area contributed by atoms with Crippen LogP contribution in [0.4, 0.5) is 0 Å². The minimum atomic E-state index is -3.79. The van der Waals surface area contributed by atoms with Gasteiger partial charge in [0.05, 0.1) is 5.75 Å². The van der Waals surface area contributed by atoms with Crippen LogP contribution < -0.4 is 29.6 Å². The molecular formula is C7H15NaO3S. The number of hydrogen-bond acceptors (Lipinski definition) is 2. The molecule has 0 aromatic carbocycles. The van der Waals surface area contributed by atoms with E-state index in [0.717, 1.165) is 12.5 Å². The molecule has 5 heteroatoms. The molecule has 0 aliphatic carbocycles. The molecule has 0 fully saturated rings. The van der Waals surface area contributed by atoms with Crippen molar-refractivity contribution < 1.29 is 42.5 Å². The average molecular weight is 202 g/mol. The van der Waals surface area contributed by atoms with Gasteiger partial charge in [-0.2, -0.15) is 14.8 Å². The smallest absolute Gasteiger partial charge is 0.343 e. The van der Waals surface area contributed by atoms with Crippen molar-refractivity contribution in [2.75, 3.05) is 5.75 Å². The predicted molar refractivity (Wildman–Crippen MR) is 46.9 cm³/mol. The largest absolute Gasteiger partial charge is 1.00 e. The topological polar surface area (TPSA) is 54.4 Å². The third kappa shape index (κ3) is 31.1. The predicted octanol–water partition coefficient (Wildman–Crippen LogP) is -1.32. The van der Waals surface area contributed by atoms with Gasteiger partial charge in [0, 0.05) is 0 Å². The van der Waals surface area contributed by atoms with E-state index in [-0.39, 0.29) is 35.3 Å². The van der Waals surface area contributed by atoms with E-state index in [9.17, 15) is 8.42 Å². The normalized spacial score (nSPS) is 8.92. The van der Waals surface area contributed by atoms with Crippen LogP contribution in [0.3, 0.4) is 0 Å². The molecule has 3 nitrogen and oxygen atoms in total. The van der Waals surface area contributed by atoms with Crippen molar-refractivity contribution in [2.24, 2.45) is 0 Å². The molecule has 0 aliphatic heterocycles. The van der Waals surface area contributed by atoms with Gasteiger partial charge in [0.15, 0.2) is 0 Å². The van der Waals surface area contributed by atoms with E-state index in [4.69, 9.17) is 4.55 Å². The SMILES string of the molecule is C=CCS(=O)(=O)O.[CH2-]CCC.[Na+]. The second-order valence-electron chi connectivity index (χ2n) is 1.89. The van der Waals surface area contributed by atoms with Crippen LogP contribution >= 0.6 is 0 Å². The molecule has 0 heterocycles. The first-order chi connectivity index (χ1) is 4.97. The molecule has 0 saturated carbocycles. The van der Waals surface area contributed by atoms with Gasteiger partial charge in [0.2, 0.25) is 0 Å². The number of unbranched alkanes of at least 4 members (excludes halogenated alkanes) is 1. The third-order valence-corrected chi connectivity index (χ3v) is 1.34. The van der Waals surface area contributed by atoms with Gasteiger partial charge in [0.1, 0.15) is 0 Å². The van der Waals surface area contributed by atoms with Gasteiger partial charge in [0.25, 0.3) is 10.1 Å². The van der Waals surface area contributed by atoms with E-state index in [1.165, 1.54) is 6.42 Å². The van der Waals surface area contributed by atoms with Crippen LogP contribution in [0.15, 0.2) is 12.7 Å². The Hall–Kier alpha value is 0.650. The van der Waals surface area contributed by atoms with Crippen LogP contribution in [0.2, 0.25) is 0 Å². The van der Waals surface area contributed by atoms with Gasteiger partial charge in [-0.1, -0.05) is 19.4 Å². The van der Waals surface area contributed by atoms with Gasteiger partial charge >= 0.3 is 29.6 Å². The molecule has 1 N–H and O–H groups in total. The maximum absolute atomic E-state index is 9.72. The second-order valence-corrected chi connectivity index (χ2v) is 3.39. The molecule has 0 aromatic rings. The van der Waals surface area contributed by atoms with Crippen molar-refractivity contribution in [2.45, 2.75) is 19.8 Å². The quantitative estimate of drug-likeness (QED) is 0.267. The van der Waals surface area contributed by atoms with Gasteiger partial charge in [-0.15, -0.1) is 6.58 Å². The molecule has 68 valence electrons. The zero-order valence-corrected chi connectivity index (χ0v) is 10.6. The first-order valence-corrected chi connectivity index (χ1v) is 4.94. The maximum Gasteiger partial charge on any atom is 1.00 e. The van der Waals surface area contributed by atoms with E-state index in [1.807, 2.05) is 0 Å². The maximum atomic E-state index is 9.72. The Morgan fingerprint density at radius 1 is 1.58 bits per heavy atom. The van der Waals surface area contributed by atoms with Crippen LogP contribution in [0, 0.1) is 6.92 Å². The molecule has 0 unspecified atom stereocenters. The fourth-order valence-corrected chi connectivity index (χ4v) is 0.447. The van der Waals surface area contributed by atoms with Crippen molar-refractivity contribution in [3.8, 4) is 0 Å². The van der Waals surface area contributed by atoms with Crippen molar-refractivity contribution in [3.63, 3.8) is 0 Å². The molecule has 0 saturated heterocycles. The van der Waals surface area contributed by atoms with E-state index >= 15 is 0 Å². The Morgan fingerprint density at radius 3 is 1.92 bits per heavy atom. The average Bonchev–Trinajstić information content (AvgIpc) is 1.86. The summed E-state index contributed by atoms with van der Waals surface area (Å²) in [6, 6.07) is 0. The molecule has 0 bridgehead atoms. The Labute approximate surface area is 97.3 Å². The molecule has 0 amide bonds. The van der Waals surface area contributed by atoms with Crippen molar-refractivity contribution in [1.82, 2.24) is 0 Å². The van der Waals surface area contributed by atoms with Crippen LogP contribution in [-0.2, 0) is 10.1 Å². The minimum absolute atomic E-state index is 0.